The molecule has 1 aromatic carbocycles. The van der Waals surface area contributed by atoms with Crippen LogP contribution in [0.3, 0.4) is 0 Å². The highest BCUT2D eigenvalue weighted by Gasteiger charge is 2.24. The van der Waals surface area contributed by atoms with Gasteiger partial charge in [-0.1, -0.05) is 0 Å². The van der Waals surface area contributed by atoms with E-state index in [9.17, 15) is 13.5 Å². The van der Waals surface area contributed by atoms with Crippen LogP contribution in [0.4, 0.5) is 17.3 Å². The Bertz CT molecular complexity index is 1550. The minimum absolute atomic E-state index is 0.0156. The first-order valence-electron chi connectivity index (χ1n) is 11.8. The lowest BCUT2D eigenvalue weighted by molar-refractivity contribution is 0.122. The molecule has 0 radical (unpaired) electrons. The average Bonchev–Trinajstić information content (AvgIpc) is 3.40. The van der Waals surface area contributed by atoms with Crippen LogP contribution in [0.15, 0.2) is 48.9 Å². The van der Waals surface area contributed by atoms with E-state index < -0.39 is 10.2 Å². The van der Waals surface area contributed by atoms with Gasteiger partial charge >= 0.3 is 10.2 Å². The van der Waals surface area contributed by atoms with Crippen LogP contribution in [0.5, 0.6) is 11.5 Å². The quantitative estimate of drug-likeness (QED) is 0.350. The molecule has 0 saturated carbocycles. The summed E-state index contributed by atoms with van der Waals surface area (Å²) in [5, 5.41) is 10.4. The van der Waals surface area contributed by atoms with Crippen molar-refractivity contribution in [1.29, 1.82) is 0 Å². The van der Waals surface area contributed by atoms with Crippen molar-refractivity contribution in [3.8, 4) is 11.5 Å². The van der Waals surface area contributed by atoms with Crippen molar-refractivity contribution in [3.05, 3.63) is 54.7 Å². The summed E-state index contributed by atoms with van der Waals surface area (Å²) in [6.45, 7) is 2.66. The fourth-order valence-corrected chi connectivity index (χ4v) is 5.01. The minimum atomic E-state index is -3.82. The number of hydrogen-bond acceptors (Lipinski definition) is 11. The molecule has 0 spiro atoms. The summed E-state index contributed by atoms with van der Waals surface area (Å²) < 4.78 is 38.8. The molecular weight excluding hydrogens is 512 g/mol. The Balaban J connectivity index is 1.60. The number of anilines is 3. The Morgan fingerprint density at radius 2 is 1.89 bits per heavy atom. The third-order valence-corrected chi connectivity index (χ3v) is 7.86. The van der Waals surface area contributed by atoms with E-state index in [4.69, 9.17) is 19.4 Å². The molecule has 38 heavy (non-hydrogen) atoms. The summed E-state index contributed by atoms with van der Waals surface area (Å²) in [7, 11) is 0.579. The number of phenolic OH excluding ortho intramolecular Hbond substituents is 1. The van der Waals surface area contributed by atoms with Gasteiger partial charge in [-0.25, -0.2) is 23.9 Å². The van der Waals surface area contributed by atoms with Crippen molar-refractivity contribution >= 4 is 38.7 Å². The number of ether oxygens (including phenoxy) is 2. The third kappa shape index (κ3) is 5.05. The smallest absolute Gasteiger partial charge is 0.308 e. The maximum atomic E-state index is 12.9. The first-order valence-corrected chi connectivity index (χ1v) is 13.2. The maximum Gasteiger partial charge on any atom is 0.308 e. The first-order chi connectivity index (χ1) is 18.3. The van der Waals surface area contributed by atoms with Crippen LogP contribution in [-0.2, 0) is 21.5 Å². The number of fused-ring (bicyclic) bond motifs is 1. The van der Waals surface area contributed by atoms with Gasteiger partial charge in [0, 0.05) is 57.8 Å². The molecule has 5 rings (SSSR count). The molecule has 14 heteroatoms. The van der Waals surface area contributed by atoms with Gasteiger partial charge in [-0.2, -0.15) is 12.7 Å². The molecule has 1 aliphatic rings. The van der Waals surface area contributed by atoms with E-state index in [1.165, 1.54) is 45.7 Å². The van der Waals surface area contributed by atoms with Gasteiger partial charge in [-0.3, -0.25) is 0 Å². The zero-order chi connectivity index (χ0) is 26.9. The number of aromatic nitrogens is 5. The number of imidazole rings is 1. The number of nitrogens with zero attached hydrogens (tertiary/aromatic N) is 8. The highest BCUT2D eigenvalue weighted by molar-refractivity contribution is 7.87. The fraction of sp³-hybridized carbons (Fsp3) is 0.333. The molecule has 200 valence electrons. The van der Waals surface area contributed by atoms with Crippen LogP contribution < -0.4 is 14.5 Å². The highest BCUT2D eigenvalue weighted by atomic mass is 32.2. The average molecular weight is 541 g/mol. The Morgan fingerprint density at radius 1 is 1.11 bits per heavy atom. The lowest BCUT2D eigenvalue weighted by Gasteiger charge is -2.27. The molecule has 3 aromatic heterocycles. The van der Waals surface area contributed by atoms with Crippen LogP contribution >= 0.6 is 0 Å². The molecule has 0 atom stereocenters. The van der Waals surface area contributed by atoms with Crippen molar-refractivity contribution < 1.29 is 23.0 Å². The van der Waals surface area contributed by atoms with Gasteiger partial charge in [0.05, 0.1) is 38.8 Å². The lowest BCUT2D eigenvalue weighted by Crippen LogP contribution is -2.36. The van der Waals surface area contributed by atoms with Crippen molar-refractivity contribution in [2.24, 2.45) is 0 Å². The van der Waals surface area contributed by atoms with Crippen LogP contribution in [-0.4, -0.2) is 89.2 Å². The predicted molar refractivity (Wildman–Crippen MR) is 141 cm³/mol. The number of phenols is 1. The zero-order valence-electron chi connectivity index (χ0n) is 21.2. The predicted octanol–water partition coefficient (Wildman–Crippen LogP) is 1.76. The molecular formula is C24H28N8O5S. The SMILES string of the molecule is COc1cc(O)cc(N(Cc2nccn2S(=O)(=O)N(C)C)c2ccc3ncc(N4CCOCC4)nc3n2)c1. The second kappa shape index (κ2) is 10.4. The Labute approximate surface area is 220 Å². The van der Waals surface area contributed by atoms with Gasteiger partial charge in [0.2, 0.25) is 0 Å². The monoisotopic (exact) mass is 540 g/mol. The summed E-state index contributed by atoms with van der Waals surface area (Å²) in [5.74, 6) is 1.79. The van der Waals surface area contributed by atoms with E-state index in [-0.39, 0.29) is 18.1 Å². The standard InChI is InChI=1S/C24H28N8O5S/c1-29(2)38(34,35)32-7-6-25-23(32)16-31(17-12-18(33)14-19(13-17)36-3)21-5-4-20-24(27-21)28-22(15-26-20)30-8-10-37-11-9-30/h4-7,12-15,33H,8-11,16H2,1-3H3. The number of aromatic hydroxyl groups is 1. The molecule has 4 aromatic rings. The van der Waals surface area contributed by atoms with Crippen molar-refractivity contribution in [2.45, 2.75) is 6.54 Å². The van der Waals surface area contributed by atoms with Gasteiger partial charge in [0.25, 0.3) is 0 Å². The molecule has 0 aliphatic carbocycles. The fourth-order valence-electron chi connectivity index (χ4n) is 4.08. The van der Waals surface area contributed by atoms with Crippen molar-refractivity contribution in [2.75, 3.05) is 57.3 Å². The molecule has 1 aliphatic heterocycles. The van der Waals surface area contributed by atoms with Crippen LogP contribution in [0.25, 0.3) is 11.2 Å². The van der Waals surface area contributed by atoms with E-state index >= 15 is 0 Å². The molecule has 0 bridgehead atoms. The maximum absolute atomic E-state index is 12.9. The van der Waals surface area contributed by atoms with Gasteiger partial charge in [0.15, 0.2) is 5.65 Å². The number of methoxy groups -OCH3 is 1. The number of rotatable bonds is 8. The molecule has 1 fully saturated rings. The molecule has 1 N–H and O–H groups in total. The Kier molecular flexibility index (Phi) is 7.01. The topological polar surface area (TPSA) is 139 Å². The summed E-state index contributed by atoms with van der Waals surface area (Å²) in [5.41, 5.74) is 1.55. The summed E-state index contributed by atoms with van der Waals surface area (Å²) in [6, 6.07) is 8.29. The largest absolute Gasteiger partial charge is 0.508 e. The molecule has 0 unspecified atom stereocenters. The van der Waals surface area contributed by atoms with Crippen LogP contribution in [0, 0.1) is 0 Å². The minimum Gasteiger partial charge on any atom is -0.508 e. The Hall–Kier alpha value is -4.01. The summed E-state index contributed by atoms with van der Waals surface area (Å²) >= 11 is 0. The first kappa shape index (κ1) is 25.6. The van der Waals surface area contributed by atoms with E-state index in [1.54, 1.807) is 29.3 Å². The molecule has 1 saturated heterocycles. The van der Waals surface area contributed by atoms with E-state index in [2.05, 4.69) is 14.9 Å². The Morgan fingerprint density at radius 3 is 2.63 bits per heavy atom. The summed E-state index contributed by atoms with van der Waals surface area (Å²) in [4.78, 5) is 22.2. The van der Waals surface area contributed by atoms with Gasteiger partial charge in [0.1, 0.15) is 34.5 Å². The second-order valence-electron chi connectivity index (χ2n) is 8.74. The van der Waals surface area contributed by atoms with E-state index in [0.29, 0.717) is 60.5 Å². The summed E-state index contributed by atoms with van der Waals surface area (Å²) in [6.07, 6.45) is 4.53. The normalized spacial score (nSPS) is 14.3. The zero-order valence-corrected chi connectivity index (χ0v) is 22.0. The molecule has 4 heterocycles. The number of pyridine rings is 1. The van der Waals surface area contributed by atoms with Crippen LogP contribution in [0.1, 0.15) is 5.82 Å². The van der Waals surface area contributed by atoms with Gasteiger partial charge in [-0.05, 0) is 12.1 Å². The van der Waals surface area contributed by atoms with Crippen LogP contribution in [0.2, 0.25) is 0 Å². The van der Waals surface area contributed by atoms with E-state index in [0.717, 1.165) is 8.28 Å². The third-order valence-electron chi connectivity index (χ3n) is 6.10. The second-order valence-corrected chi connectivity index (χ2v) is 10.8. The highest BCUT2D eigenvalue weighted by Crippen LogP contribution is 2.33. The number of morpholine rings is 1. The molecule has 13 nitrogen and oxygen atoms in total. The number of hydrogen-bond donors (Lipinski definition) is 1. The van der Waals surface area contributed by atoms with E-state index in [1.807, 2.05) is 0 Å². The van der Waals surface area contributed by atoms with Gasteiger partial charge in [-0.15, -0.1) is 0 Å². The van der Waals surface area contributed by atoms with Crippen molar-refractivity contribution in [3.63, 3.8) is 0 Å². The lowest BCUT2D eigenvalue weighted by atomic mass is 10.2. The molecule has 0 amide bonds. The number of benzene rings is 1. The van der Waals surface area contributed by atoms with Gasteiger partial charge < -0.3 is 24.4 Å². The van der Waals surface area contributed by atoms with Crippen molar-refractivity contribution in [1.82, 2.24) is 28.2 Å².